The second-order valence-electron chi connectivity index (χ2n) is 4.64. The van der Waals surface area contributed by atoms with E-state index in [0.717, 1.165) is 19.6 Å². The first-order valence-electron chi connectivity index (χ1n) is 6.86. The Labute approximate surface area is 111 Å². The summed E-state index contributed by atoms with van der Waals surface area (Å²) in [6.07, 6.45) is 0. The van der Waals surface area contributed by atoms with Crippen LogP contribution in [0.15, 0.2) is 30.3 Å². The summed E-state index contributed by atoms with van der Waals surface area (Å²) in [4.78, 5) is 2.44. The molecule has 0 aliphatic rings. The van der Waals surface area contributed by atoms with E-state index in [1.807, 2.05) is 13.0 Å². The molecule has 1 aromatic carbocycles. The molecule has 0 aliphatic carbocycles. The van der Waals surface area contributed by atoms with Crippen molar-refractivity contribution in [2.24, 2.45) is 0 Å². The van der Waals surface area contributed by atoms with Gasteiger partial charge in [0.1, 0.15) is 0 Å². The summed E-state index contributed by atoms with van der Waals surface area (Å²) >= 11 is 0. The molecular formula is C15H26N2O. The molecule has 0 saturated carbocycles. The van der Waals surface area contributed by atoms with Crippen LogP contribution in [0.25, 0.3) is 0 Å². The molecular weight excluding hydrogens is 224 g/mol. The Morgan fingerprint density at radius 2 is 1.78 bits per heavy atom. The van der Waals surface area contributed by atoms with E-state index in [2.05, 4.69) is 48.3 Å². The summed E-state index contributed by atoms with van der Waals surface area (Å²) in [6.45, 7) is 9.50. The van der Waals surface area contributed by atoms with Gasteiger partial charge < -0.3 is 10.4 Å². The molecule has 0 aliphatic heterocycles. The molecule has 1 rings (SSSR count). The van der Waals surface area contributed by atoms with Crippen LogP contribution in [-0.4, -0.2) is 42.3 Å². The van der Waals surface area contributed by atoms with E-state index in [4.69, 9.17) is 5.11 Å². The SMILES string of the molecule is CCN(CC)C(CNC(C)CO)c1ccccc1. The summed E-state index contributed by atoms with van der Waals surface area (Å²) in [5, 5.41) is 12.5. The van der Waals surface area contributed by atoms with Gasteiger partial charge in [0.25, 0.3) is 0 Å². The van der Waals surface area contributed by atoms with Gasteiger partial charge in [-0.3, -0.25) is 4.90 Å². The van der Waals surface area contributed by atoms with E-state index in [-0.39, 0.29) is 12.6 Å². The maximum Gasteiger partial charge on any atom is 0.0581 e. The van der Waals surface area contributed by atoms with Crippen molar-refractivity contribution in [2.45, 2.75) is 32.9 Å². The number of aliphatic hydroxyl groups is 1. The molecule has 0 saturated heterocycles. The fourth-order valence-electron chi connectivity index (χ4n) is 2.17. The highest BCUT2D eigenvalue weighted by atomic mass is 16.3. The van der Waals surface area contributed by atoms with Crippen molar-refractivity contribution in [1.29, 1.82) is 0 Å². The zero-order chi connectivity index (χ0) is 13.4. The lowest BCUT2D eigenvalue weighted by Gasteiger charge is -2.31. The van der Waals surface area contributed by atoms with Crippen molar-refractivity contribution in [1.82, 2.24) is 10.2 Å². The molecule has 2 atom stereocenters. The van der Waals surface area contributed by atoms with E-state index in [0.29, 0.717) is 6.04 Å². The second kappa shape index (κ2) is 8.25. The molecule has 0 fully saturated rings. The van der Waals surface area contributed by atoms with Gasteiger partial charge in [-0.2, -0.15) is 0 Å². The quantitative estimate of drug-likeness (QED) is 0.741. The first-order valence-corrected chi connectivity index (χ1v) is 6.86. The Morgan fingerprint density at radius 1 is 1.17 bits per heavy atom. The van der Waals surface area contributed by atoms with Crippen LogP contribution in [0.1, 0.15) is 32.4 Å². The highest BCUT2D eigenvalue weighted by Gasteiger charge is 2.17. The van der Waals surface area contributed by atoms with Gasteiger partial charge in [0.05, 0.1) is 6.61 Å². The molecule has 0 radical (unpaired) electrons. The minimum Gasteiger partial charge on any atom is -0.395 e. The monoisotopic (exact) mass is 250 g/mol. The van der Waals surface area contributed by atoms with Gasteiger partial charge in [-0.05, 0) is 25.6 Å². The molecule has 0 spiro atoms. The Hall–Kier alpha value is -0.900. The van der Waals surface area contributed by atoms with E-state index >= 15 is 0 Å². The molecule has 1 aromatic rings. The van der Waals surface area contributed by atoms with Crippen LogP contribution < -0.4 is 5.32 Å². The number of aliphatic hydroxyl groups excluding tert-OH is 1. The Balaban J connectivity index is 2.75. The maximum atomic E-state index is 9.10. The summed E-state index contributed by atoms with van der Waals surface area (Å²) in [7, 11) is 0. The van der Waals surface area contributed by atoms with Crippen LogP contribution in [0.2, 0.25) is 0 Å². The van der Waals surface area contributed by atoms with Gasteiger partial charge in [0, 0.05) is 18.6 Å². The minimum absolute atomic E-state index is 0.145. The Morgan fingerprint density at radius 3 is 2.28 bits per heavy atom. The third-order valence-electron chi connectivity index (χ3n) is 3.37. The molecule has 2 unspecified atom stereocenters. The van der Waals surface area contributed by atoms with Gasteiger partial charge in [-0.25, -0.2) is 0 Å². The average Bonchev–Trinajstić information content (AvgIpc) is 2.44. The van der Waals surface area contributed by atoms with Crippen molar-refractivity contribution in [2.75, 3.05) is 26.2 Å². The van der Waals surface area contributed by atoms with E-state index < -0.39 is 0 Å². The predicted octanol–water partition coefficient (Wildman–Crippen LogP) is 2.04. The van der Waals surface area contributed by atoms with E-state index in [1.54, 1.807) is 0 Å². The highest BCUT2D eigenvalue weighted by molar-refractivity contribution is 5.19. The van der Waals surface area contributed by atoms with E-state index in [9.17, 15) is 0 Å². The molecule has 102 valence electrons. The summed E-state index contributed by atoms with van der Waals surface area (Å²) in [5.74, 6) is 0. The van der Waals surface area contributed by atoms with Crippen molar-refractivity contribution in [3.8, 4) is 0 Å². The smallest absolute Gasteiger partial charge is 0.0581 e. The zero-order valence-corrected chi connectivity index (χ0v) is 11.8. The molecule has 0 bridgehead atoms. The molecule has 2 N–H and O–H groups in total. The highest BCUT2D eigenvalue weighted by Crippen LogP contribution is 2.19. The summed E-state index contributed by atoms with van der Waals surface area (Å²) in [6, 6.07) is 11.1. The van der Waals surface area contributed by atoms with Crippen LogP contribution in [-0.2, 0) is 0 Å². The van der Waals surface area contributed by atoms with E-state index in [1.165, 1.54) is 5.56 Å². The normalized spacial score (nSPS) is 14.7. The van der Waals surface area contributed by atoms with Crippen LogP contribution in [0, 0.1) is 0 Å². The third-order valence-corrected chi connectivity index (χ3v) is 3.37. The molecule has 0 heterocycles. The first kappa shape index (κ1) is 15.2. The van der Waals surface area contributed by atoms with Gasteiger partial charge in [0.15, 0.2) is 0 Å². The number of nitrogens with one attached hydrogen (secondary N) is 1. The topological polar surface area (TPSA) is 35.5 Å². The lowest BCUT2D eigenvalue weighted by atomic mass is 10.0. The lowest BCUT2D eigenvalue weighted by Crippen LogP contribution is -2.40. The van der Waals surface area contributed by atoms with Gasteiger partial charge in [0.2, 0.25) is 0 Å². The maximum absolute atomic E-state index is 9.10. The molecule has 0 aromatic heterocycles. The third kappa shape index (κ3) is 4.41. The number of benzene rings is 1. The van der Waals surface area contributed by atoms with Crippen LogP contribution in [0.5, 0.6) is 0 Å². The van der Waals surface area contributed by atoms with Crippen LogP contribution >= 0.6 is 0 Å². The fraction of sp³-hybridized carbons (Fsp3) is 0.600. The number of hydrogen-bond acceptors (Lipinski definition) is 3. The predicted molar refractivity (Wildman–Crippen MR) is 76.7 cm³/mol. The Bertz CT molecular complexity index is 312. The summed E-state index contributed by atoms with van der Waals surface area (Å²) in [5.41, 5.74) is 1.33. The van der Waals surface area contributed by atoms with Gasteiger partial charge in [-0.1, -0.05) is 44.2 Å². The molecule has 18 heavy (non-hydrogen) atoms. The van der Waals surface area contributed by atoms with Crippen LogP contribution in [0.3, 0.4) is 0 Å². The standard InChI is InChI=1S/C15H26N2O/c1-4-17(5-2)15(11-16-13(3)12-18)14-9-7-6-8-10-14/h6-10,13,15-16,18H,4-5,11-12H2,1-3H3. The fourth-order valence-corrected chi connectivity index (χ4v) is 2.17. The van der Waals surface area contributed by atoms with Gasteiger partial charge >= 0.3 is 0 Å². The molecule has 3 heteroatoms. The van der Waals surface area contributed by atoms with Crippen LogP contribution in [0.4, 0.5) is 0 Å². The van der Waals surface area contributed by atoms with Crippen molar-refractivity contribution in [3.05, 3.63) is 35.9 Å². The number of hydrogen-bond donors (Lipinski definition) is 2. The molecule has 0 amide bonds. The van der Waals surface area contributed by atoms with Crippen molar-refractivity contribution in [3.63, 3.8) is 0 Å². The first-order chi connectivity index (χ1) is 8.72. The van der Waals surface area contributed by atoms with Crippen molar-refractivity contribution >= 4 is 0 Å². The minimum atomic E-state index is 0.145. The Kier molecular flexibility index (Phi) is 6.94. The number of nitrogens with zero attached hydrogens (tertiary/aromatic N) is 1. The largest absolute Gasteiger partial charge is 0.395 e. The number of likely N-dealkylation sites (N-methyl/N-ethyl adjacent to an activating group) is 1. The van der Waals surface area contributed by atoms with Crippen molar-refractivity contribution < 1.29 is 5.11 Å². The summed E-state index contributed by atoms with van der Waals surface area (Å²) < 4.78 is 0. The number of rotatable bonds is 8. The molecule has 3 nitrogen and oxygen atoms in total. The average molecular weight is 250 g/mol. The lowest BCUT2D eigenvalue weighted by molar-refractivity contribution is 0.194. The zero-order valence-electron chi connectivity index (χ0n) is 11.8. The second-order valence-corrected chi connectivity index (χ2v) is 4.64. The van der Waals surface area contributed by atoms with Gasteiger partial charge in [-0.15, -0.1) is 0 Å².